The number of halogens is 2. The van der Waals surface area contributed by atoms with Gasteiger partial charge in [-0.1, -0.05) is 0 Å². The van der Waals surface area contributed by atoms with Gasteiger partial charge in [-0.3, -0.25) is 0 Å². The first-order valence-electron chi connectivity index (χ1n) is 18.3. The van der Waals surface area contributed by atoms with Crippen LogP contribution in [-0.2, 0) is 35.5 Å². The Balaban J connectivity index is 0.00000281. The van der Waals surface area contributed by atoms with Crippen molar-refractivity contribution in [3.05, 3.63) is 133 Å². The van der Waals surface area contributed by atoms with Gasteiger partial charge in [0, 0.05) is 0 Å². The van der Waals surface area contributed by atoms with Crippen molar-refractivity contribution < 1.29 is 18.3 Å². The SMILES string of the molecule is Cl.Cl.[CH2]=[Zr]([C]1=CC=CC1)([c]1ccc(C(C)C)cc1)([c]1ccc(C(C)C)cc1)[c]1c(C)c(C(C)(C)C)cc2c1Cc1cc(C)cc(C(C)(C)C)c1-2. The standard InChI is InChI=1S/C23H29.2C9H11.C5H5.CH2.2ClH.Zr/c1-14-9-17-12-16-11-15(2)19(22(3,4)5)13-18(16)21(17)20(10-14)23(6,7)8;2*1-8(2)9-6-4-3-5-7-9;1-2-4-5-3-1;;;;/h9-10,13H,12H2,1-8H3;2*4-8H,1-2H3;1-3H,4H2;1H2;2*1H;. The molecule has 0 saturated heterocycles. The zero-order valence-corrected chi connectivity index (χ0v) is 36.8. The van der Waals surface area contributed by atoms with Gasteiger partial charge in [0.15, 0.2) is 0 Å². The summed E-state index contributed by atoms with van der Waals surface area (Å²) in [5, 5.41) is 0. The van der Waals surface area contributed by atoms with E-state index in [1.54, 1.807) is 6.55 Å². The number of aryl methyl sites for hydroxylation is 1. The summed E-state index contributed by atoms with van der Waals surface area (Å²) >= 11 is -4.93. The number of hydrogen-bond donors (Lipinski definition) is 0. The van der Waals surface area contributed by atoms with Crippen molar-refractivity contribution in [1.29, 1.82) is 0 Å². The molecule has 2 aliphatic rings. The van der Waals surface area contributed by atoms with Crippen molar-refractivity contribution in [3.8, 4) is 11.1 Å². The molecule has 0 nitrogen and oxygen atoms in total. The fourth-order valence-electron chi connectivity index (χ4n) is 9.18. The summed E-state index contributed by atoms with van der Waals surface area (Å²) in [6.07, 6.45) is 9.06. The molecule has 0 saturated carbocycles. The molecule has 4 aromatic carbocycles. The number of hydrogen-bond acceptors (Lipinski definition) is 0. The van der Waals surface area contributed by atoms with Crippen LogP contribution in [0.2, 0.25) is 0 Å². The van der Waals surface area contributed by atoms with Crippen LogP contribution < -0.4 is 9.81 Å². The van der Waals surface area contributed by atoms with Gasteiger partial charge in [0.2, 0.25) is 0 Å². The summed E-state index contributed by atoms with van der Waals surface area (Å²) in [7, 11) is 0. The fraction of sp³-hybridized carbons (Fsp3) is 0.383. The quantitative estimate of drug-likeness (QED) is 0.161. The van der Waals surface area contributed by atoms with Crippen LogP contribution in [0.15, 0.2) is 88.2 Å². The molecule has 3 heteroatoms. The van der Waals surface area contributed by atoms with Gasteiger partial charge in [0.1, 0.15) is 0 Å². The van der Waals surface area contributed by atoms with Gasteiger partial charge in [-0.15, -0.1) is 24.8 Å². The molecule has 0 aliphatic heterocycles. The van der Waals surface area contributed by atoms with Gasteiger partial charge < -0.3 is 0 Å². The molecule has 50 heavy (non-hydrogen) atoms. The van der Waals surface area contributed by atoms with Crippen LogP contribution >= 0.6 is 24.8 Å². The van der Waals surface area contributed by atoms with Crippen LogP contribution in [0.4, 0.5) is 0 Å². The van der Waals surface area contributed by atoms with E-state index in [9.17, 15) is 0 Å². The Kier molecular flexibility index (Phi) is 11.3. The third-order valence-corrected chi connectivity index (χ3v) is 28.4. The molecule has 0 N–H and O–H groups in total. The Morgan fingerprint density at radius 1 is 0.680 bits per heavy atom. The maximum absolute atomic E-state index is 5.86. The van der Waals surface area contributed by atoms with Crippen molar-refractivity contribution in [2.75, 3.05) is 0 Å². The van der Waals surface area contributed by atoms with Crippen molar-refractivity contribution >= 4 is 38.8 Å². The summed E-state index contributed by atoms with van der Waals surface area (Å²) in [4.78, 5) is 0. The zero-order chi connectivity index (χ0) is 35.0. The van der Waals surface area contributed by atoms with Crippen molar-refractivity contribution in [1.82, 2.24) is 0 Å². The Labute approximate surface area is 317 Å². The zero-order valence-electron chi connectivity index (χ0n) is 32.7. The number of allylic oxidation sites excluding steroid dienone is 4. The predicted octanol–water partition coefficient (Wildman–Crippen LogP) is 11.8. The molecule has 6 rings (SSSR count). The summed E-state index contributed by atoms with van der Waals surface area (Å²) < 4.78 is 11.9. The molecular formula is C47H60Cl2Zr. The number of benzene rings is 4. The predicted molar refractivity (Wildman–Crippen MR) is 225 cm³/mol. The topological polar surface area (TPSA) is 0 Å². The molecule has 2 aliphatic carbocycles. The molecule has 0 bridgehead atoms. The summed E-state index contributed by atoms with van der Waals surface area (Å²) in [5.74, 6) is 0.955. The van der Waals surface area contributed by atoms with Gasteiger partial charge in [-0.25, -0.2) is 0 Å². The molecular weight excluding hydrogens is 727 g/mol. The number of fused-ring (bicyclic) bond motifs is 3. The average Bonchev–Trinajstić information content (AvgIpc) is 3.68. The molecule has 0 spiro atoms. The monoisotopic (exact) mass is 784 g/mol. The van der Waals surface area contributed by atoms with E-state index in [2.05, 4.69) is 168 Å². The van der Waals surface area contributed by atoms with E-state index < -0.39 is 18.3 Å². The van der Waals surface area contributed by atoms with Crippen LogP contribution in [0, 0.1) is 13.8 Å². The molecule has 0 unspecified atom stereocenters. The molecule has 0 atom stereocenters. The molecule has 266 valence electrons. The van der Waals surface area contributed by atoms with E-state index >= 15 is 0 Å². The first kappa shape index (κ1) is 40.5. The Morgan fingerprint density at radius 2 is 1.18 bits per heavy atom. The minimum atomic E-state index is -4.93. The first-order valence-corrected chi connectivity index (χ1v) is 24.9. The van der Waals surface area contributed by atoms with Crippen molar-refractivity contribution in [2.45, 2.75) is 119 Å². The van der Waals surface area contributed by atoms with E-state index in [-0.39, 0.29) is 35.6 Å². The van der Waals surface area contributed by atoms with E-state index in [4.69, 9.17) is 4.21 Å². The molecule has 0 fully saturated rings. The molecule has 0 radical (unpaired) electrons. The fourth-order valence-corrected chi connectivity index (χ4v) is 25.6. The summed E-state index contributed by atoms with van der Waals surface area (Å²) in [6.45, 7) is 28.3. The molecule has 4 aromatic rings. The first-order chi connectivity index (χ1) is 22.4. The van der Waals surface area contributed by atoms with Crippen LogP contribution in [0.25, 0.3) is 11.1 Å². The van der Waals surface area contributed by atoms with E-state index in [1.807, 2.05) is 0 Å². The average molecular weight is 787 g/mol. The summed E-state index contributed by atoms with van der Waals surface area (Å²) in [5.41, 5.74) is 14.5. The van der Waals surface area contributed by atoms with Crippen molar-refractivity contribution in [2.24, 2.45) is 0 Å². The van der Waals surface area contributed by atoms with Gasteiger partial charge in [-0.2, -0.15) is 0 Å². The van der Waals surface area contributed by atoms with Crippen LogP contribution in [0.5, 0.6) is 0 Å². The molecule has 0 amide bonds. The van der Waals surface area contributed by atoms with E-state index in [1.165, 1.54) is 62.2 Å². The third-order valence-electron chi connectivity index (χ3n) is 11.8. The molecule has 0 heterocycles. The minimum absolute atomic E-state index is 0. The normalized spacial score (nSPS) is 14.3. The van der Waals surface area contributed by atoms with Crippen LogP contribution in [-0.4, -0.2) is 4.21 Å². The maximum atomic E-state index is 5.86. The second-order valence-corrected chi connectivity index (χ2v) is 30.6. The Morgan fingerprint density at radius 3 is 1.60 bits per heavy atom. The van der Waals surface area contributed by atoms with Gasteiger partial charge >= 0.3 is 295 Å². The van der Waals surface area contributed by atoms with E-state index in [0.717, 1.165) is 12.8 Å². The van der Waals surface area contributed by atoms with Gasteiger partial charge in [0.25, 0.3) is 0 Å². The molecule has 0 aromatic heterocycles. The van der Waals surface area contributed by atoms with Crippen molar-refractivity contribution in [3.63, 3.8) is 0 Å². The van der Waals surface area contributed by atoms with Crippen LogP contribution in [0.1, 0.15) is 132 Å². The van der Waals surface area contributed by atoms with Gasteiger partial charge in [0.05, 0.1) is 0 Å². The number of rotatable bonds is 6. The Bertz CT molecular complexity index is 1980. The van der Waals surface area contributed by atoms with Gasteiger partial charge in [-0.05, 0) is 0 Å². The van der Waals surface area contributed by atoms with Crippen LogP contribution in [0.3, 0.4) is 0 Å². The Hall–Kier alpha value is -2.31. The second-order valence-electron chi connectivity index (χ2n) is 17.8. The third kappa shape index (κ3) is 6.27. The summed E-state index contributed by atoms with van der Waals surface area (Å²) in [6, 6.07) is 27.1. The van der Waals surface area contributed by atoms with E-state index in [0.29, 0.717) is 11.8 Å². The second kappa shape index (κ2) is 13.9.